The Kier molecular flexibility index (Phi) is 2.63. The number of nitrogen functional groups attached to an aromatic ring is 1. The van der Waals surface area contributed by atoms with Gasteiger partial charge in [0.2, 0.25) is 0 Å². The Balaban J connectivity index is 1.82. The Morgan fingerprint density at radius 1 is 1.05 bits per heavy atom. The summed E-state index contributed by atoms with van der Waals surface area (Å²) in [5.74, 6) is 0.129. The molecule has 0 unspecified atom stereocenters. The van der Waals surface area contributed by atoms with Crippen LogP contribution in [-0.2, 0) is 13.1 Å². The highest BCUT2D eigenvalue weighted by Crippen LogP contribution is 2.26. The summed E-state index contributed by atoms with van der Waals surface area (Å²) in [6.45, 7) is 1.19. The Hall–Kier alpha value is -2.49. The molecule has 0 spiro atoms. The van der Waals surface area contributed by atoms with Crippen LogP contribution < -0.4 is 5.73 Å². The van der Waals surface area contributed by atoms with Gasteiger partial charge in [-0.3, -0.25) is 4.79 Å². The lowest BCUT2D eigenvalue weighted by atomic mass is 10.1. The van der Waals surface area contributed by atoms with E-state index in [0.717, 1.165) is 16.8 Å². The molecule has 1 aliphatic rings. The number of rotatable bonds is 1. The molecule has 1 heterocycles. The summed E-state index contributed by atoms with van der Waals surface area (Å²) in [4.78, 5) is 14.1. The van der Waals surface area contributed by atoms with Crippen LogP contribution in [0.25, 0.3) is 0 Å². The molecule has 4 nitrogen and oxygen atoms in total. The van der Waals surface area contributed by atoms with Crippen LogP contribution in [0, 0.1) is 0 Å². The van der Waals surface area contributed by atoms with Gasteiger partial charge in [0.1, 0.15) is 5.75 Å². The van der Waals surface area contributed by atoms with Gasteiger partial charge in [-0.05, 0) is 47.5 Å². The maximum absolute atomic E-state index is 12.3. The van der Waals surface area contributed by atoms with Crippen LogP contribution in [0.3, 0.4) is 0 Å². The van der Waals surface area contributed by atoms with Gasteiger partial charge in [-0.1, -0.05) is 6.07 Å². The third kappa shape index (κ3) is 2.12. The number of benzene rings is 2. The van der Waals surface area contributed by atoms with Crippen molar-refractivity contribution in [3.05, 3.63) is 59.2 Å². The molecule has 0 saturated carbocycles. The van der Waals surface area contributed by atoms with E-state index in [9.17, 15) is 9.90 Å². The van der Waals surface area contributed by atoms with Crippen molar-refractivity contribution in [1.29, 1.82) is 0 Å². The highest BCUT2D eigenvalue weighted by atomic mass is 16.3. The van der Waals surface area contributed by atoms with Crippen LogP contribution in [0.4, 0.5) is 5.69 Å². The molecule has 3 rings (SSSR count). The highest BCUT2D eigenvalue weighted by molar-refractivity contribution is 5.94. The molecule has 19 heavy (non-hydrogen) atoms. The summed E-state index contributed by atoms with van der Waals surface area (Å²) < 4.78 is 0. The van der Waals surface area contributed by atoms with Crippen LogP contribution in [0.1, 0.15) is 21.5 Å². The van der Waals surface area contributed by atoms with Gasteiger partial charge in [0.05, 0.1) is 0 Å². The fourth-order valence-electron chi connectivity index (χ4n) is 2.34. The molecule has 96 valence electrons. The molecule has 0 radical (unpaired) electrons. The maximum Gasteiger partial charge on any atom is 0.254 e. The van der Waals surface area contributed by atoms with E-state index in [1.807, 2.05) is 18.2 Å². The van der Waals surface area contributed by atoms with Crippen LogP contribution in [0.5, 0.6) is 5.75 Å². The first-order valence-electron chi connectivity index (χ1n) is 6.09. The Bertz CT molecular complexity index is 635. The van der Waals surface area contributed by atoms with Crippen molar-refractivity contribution < 1.29 is 9.90 Å². The fraction of sp³-hybridized carbons (Fsp3) is 0.133. The van der Waals surface area contributed by atoms with E-state index in [1.165, 1.54) is 12.1 Å². The van der Waals surface area contributed by atoms with Gasteiger partial charge in [-0.2, -0.15) is 0 Å². The van der Waals surface area contributed by atoms with Crippen LogP contribution in [0.15, 0.2) is 42.5 Å². The van der Waals surface area contributed by atoms with Crippen LogP contribution in [0.2, 0.25) is 0 Å². The van der Waals surface area contributed by atoms with Crippen molar-refractivity contribution in [2.75, 3.05) is 5.73 Å². The van der Waals surface area contributed by atoms with E-state index in [-0.39, 0.29) is 11.7 Å². The summed E-state index contributed by atoms with van der Waals surface area (Å²) >= 11 is 0. The maximum atomic E-state index is 12.3. The molecule has 0 bridgehead atoms. The van der Waals surface area contributed by atoms with Crippen molar-refractivity contribution in [1.82, 2.24) is 4.90 Å². The Labute approximate surface area is 111 Å². The first-order chi connectivity index (χ1) is 9.13. The number of nitrogens with two attached hydrogens (primary N) is 1. The molecule has 1 amide bonds. The predicted octanol–water partition coefficient (Wildman–Crippen LogP) is 2.13. The molecular formula is C15H14N2O2. The second-order valence-corrected chi connectivity index (χ2v) is 4.74. The zero-order chi connectivity index (χ0) is 13.4. The monoisotopic (exact) mass is 254 g/mol. The van der Waals surface area contributed by atoms with Crippen LogP contribution >= 0.6 is 0 Å². The minimum atomic E-state index is -0.0326. The van der Waals surface area contributed by atoms with Gasteiger partial charge in [-0.25, -0.2) is 0 Å². The van der Waals surface area contributed by atoms with Gasteiger partial charge in [0.15, 0.2) is 0 Å². The van der Waals surface area contributed by atoms with E-state index in [4.69, 9.17) is 5.73 Å². The predicted molar refractivity (Wildman–Crippen MR) is 72.5 cm³/mol. The minimum Gasteiger partial charge on any atom is -0.508 e. The smallest absolute Gasteiger partial charge is 0.254 e. The molecule has 0 aliphatic carbocycles. The topological polar surface area (TPSA) is 66.6 Å². The summed E-state index contributed by atoms with van der Waals surface area (Å²) in [6.07, 6.45) is 0. The fourth-order valence-corrected chi connectivity index (χ4v) is 2.34. The van der Waals surface area contributed by atoms with Gasteiger partial charge in [-0.15, -0.1) is 0 Å². The molecule has 1 aliphatic heterocycles. The molecule has 3 N–H and O–H groups in total. The van der Waals surface area contributed by atoms with E-state index >= 15 is 0 Å². The number of aromatic hydroxyl groups is 1. The van der Waals surface area contributed by atoms with Crippen molar-refractivity contribution in [3.8, 4) is 5.75 Å². The van der Waals surface area contributed by atoms with Gasteiger partial charge in [0.25, 0.3) is 5.91 Å². The van der Waals surface area contributed by atoms with Crippen molar-refractivity contribution >= 4 is 11.6 Å². The molecule has 0 saturated heterocycles. The number of hydrogen-bond donors (Lipinski definition) is 2. The number of phenols is 1. The number of hydrogen-bond acceptors (Lipinski definition) is 3. The van der Waals surface area contributed by atoms with E-state index in [0.29, 0.717) is 18.7 Å². The third-order valence-corrected chi connectivity index (χ3v) is 3.35. The SMILES string of the molecule is Nc1ccc2c(c1)CN(C(=O)c1ccc(O)cc1)C2. The highest BCUT2D eigenvalue weighted by Gasteiger charge is 2.24. The van der Waals surface area contributed by atoms with E-state index in [1.54, 1.807) is 17.0 Å². The van der Waals surface area contributed by atoms with E-state index in [2.05, 4.69) is 0 Å². The molecule has 0 aromatic heterocycles. The minimum absolute atomic E-state index is 0.0326. The number of amides is 1. The molecule has 2 aromatic rings. The lowest BCUT2D eigenvalue weighted by Crippen LogP contribution is -2.25. The van der Waals surface area contributed by atoms with Gasteiger partial charge in [0, 0.05) is 24.3 Å². The normalized spacial score (nSPS) is 13.4. The molecule has 0 atom stereocenters. The Morgan fingerprint density at radius 3 is 2.47 bits per heavy atom. The standard InChI is InChI=1S/C15H14N2O2/c16-13-4-1-11-8-17(9-12(11)7-13)15(19)10-2-5-14(18)6-3-10/h1-7,18H,8-9,16H2. The number of anilines is 1. The lowest BCUT2D eigenvalue weighted by molar-refractivity contribution is 0.0751. The second kappa shape index (κ2) is 4.31. The zero-order valence-electron chi connectivity index (χ0n) is 10.3. The summed E-state index contributed by atoms with van der Waals surface area (Å²) in [6, 6.07) is 12.1. The van der Waals surface area contributed by atoms with Crippen LogP contribution in [-0.4, -0.2) is 15.9 Å². The molecule has 2 aromatic carbocycles. The summed E-state index contributed by atoms with van der Waals surface area (Å²) in [5.41, 5.74) is 9.29. The van der Waals surface area contributed by atoms with E-state index < -0.39 is 0 Å². The number of fused-ring (bicyclic) bond motifs is 1. The third-order valence-electron chi connectivity index (χ3n) is 3.35. The number of carbonyl (C=O) groups excluding carboxylic acids is 1. The van der Waals surface area contributed by atoms with Gasteiger partial charge >= 0.3 is 0 Å². The first-order valence-corrected chi connectivity index (χ1v) is 6.09. The first kappa shape index (κ1) is 11.6. The summed E-state index contributed by atoms with van der Waals surface area (Å²) in [5, 5.41) is 9.24. The zero-order valence-corrected chi connectivity index (χ0v) is 10.3. The number of carbonyl (C=O) groups is 1. The average Bonchev–Trinajstić information content (AvgIpc) is 2.81. The molecular weight excluding hydrogens is 240 g/mol. The van der Waals surface area contributed by atoms with Crippen molar-refractivity contribution in [2.24, 2.45) is 0 Å². The van der Waals surface area contributed by atoms with Crippen molar-refractivity contribution in [2.45, 2.75) is 13.1 Å². The number of nitrogens with zero attached hydrogens (tertiary/aromatic N) is 1. The lowest BCUT2D eigenvalue weighted by Gasteiger charge is -2.15. The van der Waals surface area contributed by atoms with Gasteiger partial charge < -0.3 is 15.7 Å². The number of phenolic OH excluding ortho intramolecular Hbond substituents is 1. The Morgan fingerprint density at radius 2 is 1.74 bits per heavy atom. The second-order valence-electron chi connectivity index (χ2n) is 4.74. The molecule has 4 heteroatoms. The quantitative estimate of drug-likeness (QED) is 0.766. The van der Waals surface area contributed by atoms with Crippen molar-refractivity contribution in [3.63, 3.8) is 0 Å². The average molecular weight is 254 g/mol. The molecule has 0 fully saturated rings. The largest absolute Gasteiger partial charge is 0.508 e. The summed E-state index contributed by atoms with van der Waals surface area (Å²) in [7, 11) is 0.